The first-order valence-corrected chi connectivity index (χ1v) is 9.54. The quantitative estimate of drug-likeness (QED) is 0.927. The predicted octanol–water partition coefficient (Wildman–Crippen LogP) is 2.80. The first kappa shape index (κ1) is 15.9. The number of rotatable bonds is 3. The Hall–Kier alpha value is -2.27. The van der Waals surface area contributed by atoms with Crippen LogP contribution in [0.25, 0.3) is 10.9 Å². The number of pyridine rings is 1. The fourth-order valence-corrected chi connectivity index (χ4v) is 4.42. The van der Waals surface area contributed by atoms with Gasteiger partial charge in [-0.15, -0.1) is 0 Å². The predicted molar refractivity (Wildman–Crippen MR) is 102 cm³/mol. The lowest BCUT2D eigenvalue weighted by Crippen LogP contribution is -2.50. The van der Waals surface area contributed by atoms with E-state index in [1.165, 1.54) is 16.5 Å². The molecule has 134 valence electrons. The van der Waals surface area contributed by atoms with Gasteiger partial charge in [-0.2, -0.15) is 0 Å². The topological polar surface area (TPSA) is 71.6 Å². The van der Waals surface area contributed by atoms with Gasteiger partial charge in [0.15, 0.2) is 0 Å². The second-order valence-corrected chi connectivity index (χ2v) is 8.29. The first-order chi connectivity index (χ1) is 12.5. The van der Waals surface area contributed by atoms with Crippen LogP contribution >= 0.6 is 0 Å². The molecule has 0 radical (unpaired) electrons. The van der Waals surface area contributed by atoms with Crippen LogP contribution in [0.15, 0.2) is 35.5 Å². The summed E-state index contributed by atoms with van der Waals surface area (Å²) in [7, 11) is 0. The van der Waals surface area contributed by atoms with Gasteiger partial charge < -0.3 is 10.6 Å². The van der Waals surface area contributed by atoms with Gasteiger partial charge in [0, 0.05) is 42.4 Å². The molecule has 2 aromatic rings. The molecule has 1 amide bonds. The molecule has 2 N–H and O–H groups in total. The van der Waals surface area contributed by atoms with Crippen molar-refractivity contribution in [2.75, 3.05) is 13.1 Å². The zero-order chi connectivity index (χ0) is 17.9. The molecule has 5 heteroatoms. The standard InChI is InChI=1S/C21H24N4O/c1-13-9-14(12-25(11-13)20(26)21(22)6-7-21)15-4-5-17(18-10-24-18)19-16(15)3-2-8-23-19/h2-5,8,10,13-14,18H,6-7,9,11-12,22H2,1H3/t13-,14+,18?/m1/s1. The molecule has 1 aromatic heterocycles. The van der Waals surface area contributed by atoms with Crippen molar-refractivity contribution in [3.8, 4) is 0 Å². The molecule has 0 spiro atoms. The molecule has 1 unspecified atom stereocenters. The van der Waals surface area contributed by atoms with E-state index in [1.807, 2.05) is 23.4 Å². The number of carbonyl (C=O) groups is 1. The number of hydrogen-bond donors (Lipinski definition) is 1. The van der Waals surface area contributed by atoms with Crippen molar-refractivity contribution >= 4 is 23.0 Å². The molecule has 1 aliphatic carbocycles. The summed E-state index contributed by atoms with van der Waals surface area (Å²) >= 11 is 0. The summed E-state index contributed by atoms with van der Waals surface area (Å²) in [5.41, 5.74) is 9.12. The van der Waals surface area contributed by atoms with E-state index in [1.54, 1.807) is 0 Å². The monoisotopic (exact) mass is 348 g/mol. The second kappa shape index (κ2) is 5.61. The second-order valence-electron chi connectivity index (χ2n) is 8.29. The summed E-state index contributed by atoms with van der Waals surface area (Å²) in [4.78, 5) is 23.8. The number of aliphatic imine (C=N–C) groups is 1. The molecule has 1 aromatic carbocycles. The van der Waals surface area contributed by atoms with E-state index in [9.17, 15) is 4.79 Å². The van der Waals surface area contributed by atoms with E-state index in [2.05, 4.69) is 35.1 Å². The van der Waals surface area contributed by atoms with E-state index in [0.717, 1.165) is 37.9 Å². The summed E-state index contributed by atoms with van der Waals surface area (Å²) in [6, 6.07) is 8.73. The molecular formula is C21H24N4O. The fraction of sp³-hybridized carbons (Fsp3) is 0.476. The Kier molecular flexibility index (Phi) is 3.44. The van der Waals surface area contributed by atoms with Crippen molar-refractivity contribution in [2.45, 2.75) is 43.7 Å². The summed E-state index contributed by atoms with van der Waals surface area (Å²) < 4.78 is 0. The molecule has 5 rings (SSSR count). The van der Waals surface area contributed by atoms with Crippen LogP contribution in [0, 0.1) is 5.92 Å². The van der Waals surface area contributed by atoms with Crippen LogP contribution in [-0.2, 0) is 4.79 Å². The molecule has 26 heavy (non-hydrogen) atoms. The lowest BCUT2D eigenvalue weighted by atomic mass is 9.82. The highest BCUT2D eigenvalue weighted by Crippen LogP contribution is 2.40. The molecule has 0 bridgehead atoms. The summed E-state index contributed by atoms with van der Waals surface area (Å²) in [5.74, 6) is 0.934. The highest BCUT2D eigenvalue weighted by Gasteiger charge is 2.49. The van der Waals surface area contributed by atoms with Crippen LogP contribution in [-0.4, -0.2) is 40.6 Å². The minimum absolute atomic E-state index is 0.138. The maximum absolute atomic E-state index is 12.8. The van der Waals surface area contributed by atoms with Crippen molar-refractivity contribution in [3.05, 3.63) is 41.6 Å². The third-order valence-electron chi connectivity index (χ3n) is 6.05. The Morgan fingerprint density at radius 2 is 2.00 bits per heavy atom. The molecule has 2 aliphatic heterocycles. The maximum atomic E-state index is 12.8. The van der Waals surface area contributed by atoms with Crippen LogP contribution in [0.3, 0.4) is 0 Å². The number of aromatic nitrogens is 1. The first-order valence-electron chi connectivity index (χ1n) is 9.54. The summed E-state index contributed by atoms with van der Waals surface area (Å²) in [5, 5.41) is 1.20. The van der Waals surface area contributed by atoms with E-state index in [0.29, 0.717) is 11.8 Å². The van der Waals surface area contributed by atoms with E-state index >= 15 is 0 Å². The van der Waals surface area contributed by atoms with Gasteiger partial charge >= 0.3 is 0 Å². The molecule has 5 nitrogen and oxygen atoms in total. The number of fused-ring (bicyclic) bond motifs is 1. The maximum Gasteiger partial charge on any atom is 0.242 e. The Morgan fingerprint density at radius 3 is 2.73 bits per heavy atom. The Morgan fingerprint density at radius 1 is 1.23 bits per heavy atom. The van der Waals surface area contributed by atoms with Crippen LogP contribution in [0.5, 0.6) is 0 Å². The van der Waals surface area contributed by atoms with Crippen molar-refractivity contribution in [3.63, 3.8) is 0 Å². The summed E-state index contributed by atoms with van der Waals surface area (Å²) in [6.07, 6.45) is 6.55. The normalized spacial score (nSPS) is 29.0. The minimum Gasteiger partial charge on any atom is -0.340 e. The minimum atomic E-state index is -0.585. The van der Waals surface area contributed by atoms with Crippen molar-refractivity contribution in [2.24, 2.45) is 16.6 Å². The smallest absolute Gasteiger partial charge is 0.242 e. The highest BCUT2D eigenvalue weighted by atomic mass is 16.2. The average molecular weight is 348 g/mol. The van der Waals surface area contributed by atoms with Gasteiger partial charge in [0.1, 0.15) is 6.04 Å². The molecule has 1 saturated heterocycles. The van der Waals surface area contributed by atoms with E-state index in [4.69, 9.17) is 5.73 Å². The largest absolute Gasteiger partial charge is 0.340 e. The lowest BCUT2D eigenvalue weighted by molar-refractivity contribution is -0.135. The van der Waals surface area contributed by atoms with Crippen molar-refractivity contribution in [1.29, 1.82) is 0 Å². The van der Waals surface area contributed by atoms with E-state index < -0.39 is 5.54 Å². The third kappa shape index (κ3) is 2.62. The molecule has 3 atom stereocenters. The zero-order valence-electron chi connectivity index (χ0n) is 15.1. The zero-order valence-corrected chi connectivity index (χ0v) is 15.1. The van der Waals surface area contributed by atoms with Crippen LogP contribution in [0.4, 0.5) is 0 Å². The number of benzene rings is 1. The number of hydrogen-bond acceptors (Lipinski definition) is 4. The van der Waals surface area contributed by atoms with Crippen LogP contribution < -0.4 is 5.73 Å². The number of piperidine rings is 1. The van der Waals surface area contributed by atoms with Gasteiger partial charge in [-0.1, -0.05) is 25.1 Å². The highest BCUT2D eigenvalue weighted by molar-refractivity contribution is 5.92. The van der Waals surface area contributed by atoms with Crippen LogP contribution in [0.1, 0.15) is 49.3 Å². The van der Waals surface area contributed by atoms with Gasteiger partial charge in [0.25, 0.3) is 0 Å². The van der Waals surface area contributed by atoms with Gasteiger partial charge in [0.05, 0.1) is 11.1 Å². The van der Waals surface area contributed by atoms with E-state index in [-0.39, 0.29) is 11.9 Å². The van der Waals surface area contributed by atoms with Gasteiger partial charge in [0.2, 0.25) is 5.91 Å². The Labute approximate surface area is 153 Å². The van der Waals surface area contributed by atoms with Crippen molar-refractivity contribution in [1.82, 2.24) is 9.88 Å². The molecule has 3 heterocycles. The Bertz CT molecular complexity index is 911. The number of amides is 1. The molecule has 2 fully saturated rings. The molecule has 1 saturated carbocycles. The van der Waals surface area contributed by atoms with Gasteiger partial charge in [-0.05, 0) is 36.8 Å². The Balaban J connectivity index is 1.50. The van der Waals surface area contributed by atoms with Gasteiger partial charge in [-0.25, -0.2) is 0 Å². The van der Waals surface area contributed by atoms with Crippen LogP contribution in [0.2, 0.25) is 0 Å². The van der Waals surface area contributed by atoms with Gasteiger partial charge in [-0.3, -0.25) is 14.8 Å². The number of nitrogens with two attached hydrogens (primary N) is 1. The molecule has 3 aliphatic rings. The summed E-state index contributed by atoms with van der Waals surface area (Å²) in [6.45, 7) is 3.80. The molecular weight excluding hydrogens is 324 g/mol. The third-order valence-corrected chi connectivity index (χ3v) is 6.05. The number of carbonyl (C=O) groups excluding carboxylic acids is 1. The fourth-order valence-electron chi connectivity index (χ4n) is 4.42. The average Bonchev–Trinajstić information content (AvgIpc) is 3.56. The number of likely N-dealkylation sites (tertiary alicyclic amines) is 1. The lowest BCUT2D eigenvalue weighted by Gasteiger charge is -2.38. The SMILES string of the molecule is C[C@@H]1C[C@H](c2ccc(C3C=N3)c3ncccc23)CN(C(=O)C2(N)CC2)C1. The number of nitrogens with zero attached hydrogens (tertiary/aromatic N) is 3. The van der Waals surface area contributed by atoms with Crippen molar-refractivity contribution < 1.29 is 4.79 Å².